The zero-order valence-electron chi connectivity index (χ0n) is 11.9. The minimum absolute atomic E-state index is 0.0483. The number of aromatic nitrogens is 1. The molecule has 0 radical (unpaired) electrons. The first-order chi connectivity index (χ1) is 11.1. The van der Waals surface area contributed by atoms with Gasteiger partial charge in [-0.05, 0) is 29.8 Å². The second-order valence-corrected chi connectivity index (χ2v) is 5.75. The van der Waals surface area contributed by atoms with Crippen LogP contribution in [0.2, 0.25) is 5.02 Å². The summed E-state index contributed by atoms with van der Waals surface area (Å²) >= 11 is 6.08. The molecule has 4 rings (SSSR count). The van der Waals surface area contributed by atoms with E-state index in [1.807, 2.05) is 42.5 Å². The van der Waals surface area contributed by atoms with Crippen molar-refractivity contribution in [1.82, 2.24) is 4.98 Å². The van der Waals surface area contributed by atoms with E-state index in [0.29, 0.717) is 10.6 Å². The van der Waals surface area contributed by atoms with Gasteiger partial charge in [-0.25, -0.2) is 0 Å². The molecule has 0 unspecified atom stereocenters. The highest BCUT2D eigenvalue weighted by molar-refractivity contribution is 6.31. The summed E-state index contributed by atoms with van der Waals surface area (Å²) in [5.41, 5.74) is 3.32. The van der Waals surface area contributed by atoms with Gasteiger partial charge >= 0.3 is 0 Å². The Hall–Kier alpha value is -2.85. The van der Waals surface area contributed by atoms with Gasteiger partial charge in [0.05, 0.1) is 10.5 Å². The van der Waals surface area contributed by atoms with Crippen molar-refractivity contribution in [2.45, 2.75) is 0 Å². The summed E-state index contributed by atoms with van der Waals surface area (Å²) in [6.07, 6.45) is 0. The number of H-pyrrole nitrogens is 1. The second-order valence-electron chi connectivity index (χ2n) is 5.32. The molecule has 23 heavy (non-hydrogen) atoms. The molecule has 0 amide bonds. The highest BCUT2D eigenvalue weighted by Gasteiger charge is 2.19. The second kappa shape index (κ2) is 5.11. The average Bonchev–Trinajstić information content (AvgIpc) is 2.93. The third-order valence-corrected chi connectivity index (χ3v) is 4.21. The number of hydrogen-bond acceptors (Lipinski definition) is 2. The fraction of sp³-hybridized carbons (Fsp3) is 0. The quantitative estimate of drug-likeness (QED) is 0.388. The molecule has 0 atom stereocenters. The van der Waals surface area contributed by atoms with Gasteiger partial charge in [-0.15, -0.1) is 0 Å². The molecule has 5 heteroatoms. The van der Waals surface area contributed by atoms with Crippen molar-refractivity contribution in [3.8, 4) is 11.1 Å². The molecule has 0 aliphatic carbocycles. The van der Waals surface area contributed by atoms with Crippen molar-refractivity contribution in [3.05, 3.63) is 75.8 Å². The monoisotopic (exact) mass is 322 g/mol. The van der Waals surface area contributed by atoms with Gasteiger partial charge in [0.2, 0.25) is 0 Å². The molecule has 0 saturated carbocycles. The summed E-state index contributed by atoms with van der Waals surface area (Å²) in [6, 6.07) is 18.3. The predicted molar refractivity (Wildman–Crippen MR) is 92.9 cm³/mol. The van der Waals surface area contributed by atoms with Gasteiger partial charge in [0, 0.05) is 32.9 Å². The topological polar surface area (TPSA) is 58.9 Å². The lowest BCUT2D eigenvalue weighted by Crippen LogP contribution is -1.92. The SMILES string of the molecule is O=[N+]([O-])c1ccc(Cl)cc1-c1cccc2[nH]c3ccccc3c12. The molecular formula is C18H11ClN2O2. The molecular weight excluding hydrogens is 312 g/mol. The van der Waals surface area contributed by atoms with Crippen LogP contribution >= 0.6 is 11.6 Å². The van der Waals surface area contributed by atoms with Gasteiger partial charge in [-0.1, -0.05) is 41.9 Å². The Labute approximate surface area is 136 Å². The summed E-state index contributed by atoms with van der Waals surface area (Å²) in [4.78, 5) is 14.4. The molecule has 0 saturated heterocycles. The molecule has 4 aromatic rings. The fourth-order valence-corrected chi connectivity index (χ4v) is 3.18. The Morgan fingerprint density at radius 2 is 1.70 bits per heavy atom. The van der Waals surface area contributed by atoms with Crippen molar-refractivity contribution in [2.75, 3.05) is 0 Å². The van der Waals surface area contributed by atoms with Crippen molar-refractivity contribution in [1.29, 1.82) is 0 Å². The summed E-state index contributed by atoms with van der Waals surface area (Å²) in [5, 5.41) is 13.9. The third kappa shape index (κ3) is 2.15. The van der Waals surface area contributed by atoms with Gasteiger partial charge in [0.15, 0.2) is 0 Å². The van der Waals surface area contributed by atoms with Crippen LogP contribution in [0.1, 0.15) is 0 Å². The molecule has 3 aromatic carbocycles. The Morgan fingerprint density at radius 3 is 2.52 bits per heavy atom. The minimum atomic E-state index is -0.376. The Kier molecular flexibility index (Phi) is 3.06. The van der Waals surface area contributed by atoms with Crippen LogP contribution in [-0.4, -0.2) is 9.91 Å². The first-order valence-electron chi connectivity index (χ1n) is 7.09. The standard InChI is InChI=1S/C18H11ClN2O2/c19-11-8-9-17(21(22)23)14(10-11)12-5-3-7-16-18(12)13-4-1-2-6-15(13)20-16/h1-10,20H. The van der Waals surface area contributed by atoms with Crippen LogP contribution < -0.4 is 0 Å². The van der Waals surface area contributed by atoms with Gasteiger partial charge in [-0.3, -0.25) is 10.1 Å². The summed E-state index contributed by atoms with van der Waals surface area (Å²) in [5.74, 6) is 0. The largest absolute Gasteiger partial charge is 0.354 e. The maximum absolute atomic E-state index is 11.4. The smallest absolute Gasteiger partial charge is 0.277 e. The third-order valence-electron chi connectivity index (χ3n) is 3.98. The Balaban J connectivity index is 2.15. The number of halogens is 1. The maximum Gasteiger partial charge on any atom is 0.277 e. The predicted octanol–water partition coefficient (Wildman–Crippen LogP) is 5.55. The van der Waals surface area contributed by atoms with E-state index in [2.05, 4.69) is 4.98 Å². The molecule has 1 N–H and O–H groups in total. The van der Waals surface area contributed by atoms with Crippen LogP contribution in [0.3, 0.4) is 0 Å². The molecule has 0 spiro atoms. The van der Waals surface area contributed by atoms with Crippen LogP contribution in [0.15, 0.2) is 60.7 Å². The lowest BCUT2D eigenvalue weighted by Gasteiger charge is -2.06. The van der Waals surface area contributed by atoms with Gasteiger partial charge in [0.25, 0.3) is 5.69 Å². The first kappa shape index (κ1) is 13.8. The van der Waals surface area contributed by atoms with E-state index < -0.39 is 0 Å². The van der Waals surface area contributed by atoms with Crippen LogP contribution in [0.4, 0.5) is 5.69 Å². The number of nitro groups is 1. The number of nitro benzene ring substituents is 1. The van der Waals surface area contributed by atoms with Gasteiger partial charge < -0.3 is 4.98 Å². The van der Waals surface area contributed by atoms with Crippen LogP contribution in [0.25, 0.3) is 32.9 Å². The normalized spacial score (nSPS) is 11.2. The maximum atomic E-state index is 11.4. The van der Waals surface area contributed by atoms with E-state index in [4.69, 9.17) is 11.6 Å². The number of fused-ring (bicyclic) bond motifs is 3. The van der Waals surface area contributed by atoms with Gasteiger partial charge in [-0.2, -0.15) is 0 Å². The van der Waals surface area contributed by atoms with E-state index in [1.165, 1.54) is 6.07 Å². The highest BCUT2D eigenvalue weighted by Crippen LogP contribution is 2.39. The lowest BCUT2D eigenvalue weighted by molar-refractivity contribution is -0.384. The Bertz CT molecular complexity index is 1070. The number of aromatic amines is 1. The van der Waals surface area contributed by atoms with E-state index >= 15 is 0 Å². The summed E-state index contributed by atoms with van der Waals surface area (Å²) in [6.45, 7) is 0. The van der Waals surface area contributed by atoms with Crippen LogP contribution in [0.5, 0.6) is 0 Å². The summed E-state index contributed by atoms with van der Waals surface area (Å²) in [7, 11) is 0. The molecule has 0 aliphatic rings. The molecule has 0 bridgehead atoms. The van der Waals surface area contributed by atoms with Crippen LogP contribution in [0, 0.1) is 10.1 Å². The first-order valence-corrected chi connectivity index (χ1v) is 7.47. The van der Waals surface area contributed by atoms with E-state index in [-0.39, 0.29) is 10.6 Å². The number of nitrogens with one attached hydrogen (secondary N) is 1. The molecule has 1 aromatic heterocycles. The molecule has 0 fully saturated rings. The molecule has 1 heterocycles. The fourth-order valence-electron chi connectivity index (χ4n) is 3.01. The number of nitrogens with zero attached hydrogens (tertiary/aromatic N) is 1. The van der Waals surface area contributed by atoms with Crippen molar-refractivity contribution >= 4 is 39.1 Å². The number of para-hydroxylation sites is 1. The van der Waals surface area contributed by atoms with E-state index in [0.717, 1.165) is 27.4 Å². The van der Waals surface area contributed by atoms with E-state index in [9.17, 15) is 10.1 Å². The highest BCUT2D eigenvalue weighted by atomic mass is 35.5. The van der Waals surface area contributed by atoms with Crippen LogP contribution in [-0.2, 0) is 0 Å². The number of benzene rings is 3. The number of hydrogen-bond donors (Lipinski definition) is 1. The summed E-state index contributed by atoms with van der Waals surface area (Å²) < 4.78 is 0. The molecule has 112 valence electrons. The van der Waals surface area contributed by atoms with Crippen molar-refractivity contribution in [3.63, 3.8) is 0 Å². The lowest BCUT2D eigenvalue weighted by atomic mass is 9.98. The zero-order valence-corrected chi connectivity index (χ0v) is 12.7. The average molecular weight is 323 g/mol. The van der Waals surface area contributed by atoms with Gasteiger partial charge in [0.1, 0.15) is 0 Å². The molecule has 4 nitrogen and oxygen atoms in total. The number of rotatable bonds is 2. The van der Waals surface area contributed by atoms with E-state index in [1.54, 1.807) is 12.1 Å². The Morgan fingerprint density at radius 1 is 0.913 bits per heavy atom. The zero-order chi connectivity index (χ0) is 16.0. The minimum Gasteiger partial charge on any atom is -0.354 e. The van der Waals surface area contributed by atoms with Crippen molar-refractivity contribution in [2.24, 2.45) is 0 Å². The molecule has 0 aliphatic heterocycles. The van der Waals surface area contributed by atoms with Crippen molar-refractivity contribution < 1.29 is 4.92 Å².